The van der Waals surface area contributed by atoms with E-state index in [0.717, 1.165) is 0 Å². The number of carbonyl (C=O) groups is 2. The monoisotopic (exact) mass is 461 g/mol. The summed E-state index contributed by atoms with van der Waals surface area (Å²) in [6.45, 7) is 1.67. The summed E-state index contributed by atoms with van der Waals surface area (Å²) in [6.07, 6.45) is 1.27. The lowest BCUT2D eigenvalue weighted by atomic mass is 10.1. The molecule has 0 heterocycles. The number of nitro groups is 1. The van der Waals surface area contributed by atoms with Gasteiger partial charge in [-0.2, -0.15) is 5.26 Å². The van der Waals surface area contributed by atoms with E-state index in [1.54, 1.807) is 43.3 Å². The first-order chi connectivity index (χ1) is 15.8. The minimum Gasteiger partial charge on any atom is -0.422 e. The third-order valence-electron chi connectivity index (χ3n) is 4.55. The molecule has 0 aromatic heterocycles. The topological polar surface area (TPSA) is 122 Å². The van der Waals surface area contributed by atoms with Gasteiger partial charge in [0.2, 0.25) is 0 Å². The van der Waals surface area contributed by atoms with Crippen LogP contribution in [0.4, 0.5) is 11.4 Å². The second-order valence-electron chi connectivity index (χ2n) is 6.81. The predicted molar refractivity (Wildman–Crippen MR) is 123 cm³/mol. The van der Waals surface area contributed by atoms with Crippen LogP contribution in [0, 0.1) is 28.4 Å². The van der Waals surface area contributed by atoms with Crippen LogP contribution in [0.25, 0.3) is 6.08 Å². The number of esters is 1. The van der Waals surface area contributed by atoms with Crippen LogP contribution in [0.2, 0.25) is 5.02 Å². The predicted octanol–water partition coefficient (Wildman–Crippen LogP) is 5.32. The van der Waals surface area contributed by atoms with Crippen LogP contribution in [-0.4, -0.2) is 16.8 Å². The summed E-state index contributed by atoms with van der Waals surface area (Å²) < 4.78 is 5.43. The number of nitrogens with one attached hydrogen (secondary N) is 1. The van der Waals surface area contributed by atoms with Gasteiger partial charge in [-0.25, -0.2) is 4.79 Å². The number of nitrogens with zero attached hydrogens (tertiary/aromatic N) is 2. The second kappa shape index (κ2) is 10.2. The van der Waals surface area contributed by atoms with E-state index in [9.17, 15) is 25.0 Å². The van der Waals surface area contributed by atoms with Gasteiger partial charge in [-0.15, -0.1) is 0 Å². The lowest BCUT2D eigenvalue weighted by molar-refractivity contribution is -0.384. The number of nitro benzene ring substituents is 1. The van der Waals surface area contributed by atoms with Crippen LogP contribution in [0.15, 0.2) is 72.3 Å². The van der Waals surface area contributed by atoms with Crippen molar-refractivity contribution in [3.05, 3.63) is 104 Å². The van der Waals surface area contributed by atoms with Crippen molar-refractivity contribution in [1.82, 2.24) is 0 Å². The number of rotatable bonds is 6. The number of aryl methyl sites for hydroxylation is 1. The molecule has 9 heteroatoms. The second-order valence-corrected chi connectivity index (χ2v) is 7.25. The van der Waals surface area contributed by atoms with Gasteiger partial charge < -0.3 is 10.1 Å². The quantitative estimate of drug-likeness (QED) is 0.132. The zero-order valence-electron chi connectivity index (χ0n) is 17.2. The van der Waals surface area contributed by atoms with Crippen LogP contribution >= 0.6 is 11.6 Å². The Hall–Kier alpha value is -4.48. The fourth-order valence-corrected chi connectivity index (χ4v) is 2.92. The molecule has 0 aliphatic rings. The van der Waals surface area contributed by atoms with Crippen molar-refractivity contribution >= 4 is 40.9 Å². The summed E-state index contributed by atoms with van der Waals surface area (Å²) in [7, 11) is 0. The maximum absolute atomic E-state index is 12.7. The van der Waals surface area contributed by atoms with Gasteiger partial charge in [-0.3, -0.25) is 14.9 Å². The SMILES string of the molecule is Cc1ccc([N+](=O)[O-])cc1NC(=O)/C(C#N)=C/c1ccccc1OC(=O)c1ccc(Cl)cc1. The van der Waals surface area contributed by atoms with Gasteiger partial charge in [0.05, 0.1) is 16.2 Å². The van der Waals surface area contributed by atoms with E-state index in [1.807, 2.05) is 0 Å². The molecule has 0 atom stereocenters. The number of hydrogen-bond acceptors (Lipinski definition) is 6. The van der Waals surface area contributed by atoms with Gasteiger partial charge in [0.1, 0.15) is 17.4 Å². The van der Waals surface area contributed by atoms with Crippen molar-refractivity contribution in [3.63, 3.8) is 0 Å². The largest absolute Gasteiger partial charge is 0.422 e. The zero-order valence-corrected chi connectivity index (χ0v) is 18.0. The molecule has 3 rings (SSSR count). The highest BCUT2D eigenvalue weighted by Crippen LogP contribution is 2.25. The maximum Gasteiger partial charge on any atom is 0.343 e. The summed E-state index contributed by atoms with van der Waals surface area (Å²) in [5.41, 5.74) is 0.912. The number of amides is 1. The Bertz CT molecular complexity index is 1310. The highest BCUT2D eigenvalue weighted by Gasteiger charge is 2.16. The molecule has 0 fully saturated rings. The highest BCUT2D eigenvalue weighted by atomic mass is 35.5. The molecule has 8 nitrogen and oxygen atoms in total. The van der Waals surface area contributed by atoms with Gasteiger partial charge in [0.15, 0.2) is 0 Å². The molecule has 3 aromatic rings. The normalized spacial score (nSPS) is 10.8. The first-order valence-electron chi connectivity index (χ1n) is 9.53. The van der Waals surface area contributed by atoms with Crippen LogP contribution in [0.1, 0.15) is 21.5 Å². The number of non-ortho nitro benzene ring substituents is 1. The number of halogens is 1. The zero-order chi connectivity index (χ0) is 24.0. The van der Waals surface area contributed by atoms with Crippen LogP contribution < -0.4 is 10.1 Å². The first kappa shape index (κ1) is 23.2. The lowest BCUT2D eigenvalue weighted by Gasteiger charge is -2.09. The number of ether oxygens (including phenoxy) is 1. The lowest BCUT2D eigenvalue weighted by Crippen LogP contribution is -2.14. The molecule has 3 aromatic carbocycles. The fraction of sp³-hybridized carbons (Fsp3) is 0.0417. The molecule has 33 heavy (non-hydrogen) atoms. The first-order valence-corrected chi connectivity index (χ1v) is 9.91. The summed E-state index contributed by atoms with van der Waals surface area (Å²) in [6, 6.07) is 18.4. The smallest absolute Gasteiger partial charge is 0.343 e. The molecule has 0 saturated heterocycles. The summed E-state index contributed by atoms with van der Waals surface area (Å²) in [4.78, 5) is 35.5. The summed E-state index contributed by atoms with van der Waals surface area (Å²) in [5, 5.41) is 23.5. The molecule has 0 unspecified atom stereocenters. The molecule has 0 bridgehead atoms. The standard InChI is InChI=1S/C24H16ClN3O5/c1-15-6-11-20(28(31)32)13-21(15)27-23(29)18(14-26)12-17-4-2-3-5-22(17)33-24(30)16-7-9-19(25)10-8-16/h2-13H,1H3,(H,27,29)/b18-12+. The van der Waals surface area contributed by atoms with Crippen molar-refractivity contribution in [3.8, 4) is 11.8 Å². The molecule has 164 valence electrons. The summed E-state index contributed by atoms with van der Waals surface area (Å²) in [5.74, 6) is -1.26. The highest BCUT2D eigenvalue weighted by molar-refractivity contribution is 6.30. The van der Waals surface area contributed by atoms with E-state index >= 15 is 0 Å². The van der Waals surface area contributed by atoms with E-state index < -0.39 is 16.8 Å². The summed E-state index contributed by atoms with van der Waals surface area (Å²) >= 11 is 5.83. The Kier molecular flexibility index (Phi) is 7.18. The Labute approximate surface area is 193 Å². The molecule has 0 radical (unpaired) electrons. The van der Waals surface area contributed by atoms with Crippen molar-refractivity contribution in [2.45, 2.75) is 6.92 Å². The van der Waals surface area contributed by atoms with Crippen LogP contribution in [0.5, 0.6) is 5.75 Å². The molecular formula is C24H16ClN3O5. The number of carbonyl (C=O) groups excluding carboxylic acids is 2. The third-order valence-corrected chi connectivity index (χ3v) is 4.80. The number of para-hydroxylation sites is 1. The number of nitriles is 1. The minimum absolute atomic E-state index is 0.143. The Morgan fingerprint density at radius 3 is 2.48 bits per heavy atom. The van der Waals surface area contributed by atoms with E-state index in [-0.39, 0.29) is 28.3 Å². The minimum atomic E-state index is -0.764. The van der Waals surface area contributed by atoms with Gasteiger partial charge in [0, 0.05) is 22.7 Å². The van der Waals surface area contributed by atoms with Crippen molar-refractivity contribution in [2.24, 2.45) is 0 Å². The van der Waals surface area contributed by atoms with E-state index in [4.69, 9.17) is 16.3 Å². The Morgan fingerprint density at radius 2 is 1.82 bits per heavy atom. The molecule has 1 N–H and O–H groups in total. The fourth-order valence-electron chi connectivity index (χ4n) is 2.79. The average molecular weight is 462 g/mol. The van der Waals surface area contributed by atoms with Gasteiger partial charge >= 0.3 is 5.97 Å². The van der Waals surface area contributed by atoms with E-state index in [1.165, 1.54) is 42.5 Å². The van der Waals surface area contributed by atoms with Gasteiger partial charge in [-0.05, 0) is 48.9 Å². The number of benzene rings is 3. The molecule has 0 aliphatic carbocycles. The molecule has 0 aliphatic heterocycles. The number of anilines is 1. The molecule has 1 amide bonds. The van der Waals surface area contributed by atoms with Crippen molar-refractivity contribution in [2.75, 3.05) is 5.32 Å². The van der Waals surface area contributed by atoms with E-state index in [0.29, 0.717) is 16.1 Å². The Balaban J connectivity index is 1.86. The molecule has 0 spiro atoms. The molecule has 0 saturated carbocycles. The van der Waals surface area contributed by atoms with Crippen LogP contribution in [-0.2, 0) is 4.79 Å². The van der Waals surface area contributed by atoms with E-state index in [2.05, 4.69) is 5.32 Å². The van der Waals surface area contributed by atoms with Gasteiger partial charge in [-0.1, -0.05) is 35.9 Å². The maximum atomic E-state index is 12.7. The van der Waals surface area contributed by atoms with Crippen molar-refractivity contribution in [1.29, 1.82) is 5.26 Å². The third kappa shape index (κ3) is 5.81. The van der Waals surface area contributed by atoms with Gasteiger partial charge in [0.25, 0.3) is 11.6 Å². The average Bonchev–Trinajstić information content (AvgIpc) is 2.80. The Morgan fingerprint density at radius 1 is 1.12 bits per heavy atom. The number of hydrogen-bond donors (Lipinski definition) is 1. The van der Waals surface area contributed by atoms with Crippen molar-refractivity contribution < 1.29 is 19.2 Å². The molecular weight excluding hydrogens is 446 g/mol. The van der Waals surface area contributed by atoms with Crippen LogP contribution in [0.3, 0.4) is 0 Å².